The van der Waals surface area contributed by atoms with Gasteiger partial charge in [-0.25, -0.2) is 0 Å². The lowest BCUT2D eigenvalue weighted by molar-refractivity contribution is -0.174. The molecule has 20 heavy (non-hydrogen) atoms. The number of nitrogens with two attached hydrogens (primary N) is 1. The van der Waals surface area contributed by atoms with Crippen LogP contribution in [0.1, 0.15) is 12.0 Å². The Hall–Kier alpha value is -1.60. The molecule has 0 aromatic heterocycles. The monoisotopic (exact) mass is 290 g/mol. The number of halogens is 3. The van der Waals surface area contributed by atoms with Crippen LogP contribution in [0.2, 0.25) is 0 Å². The number of hydrogen-bond acceptors (Lipinski definition) is 3. The molecule has 1 aromatic rings. The van der Waals surface area contributed by atoms with E-state index in [4.69, 9.17) is 5.73 Å². The topological polar surface area (TPSA) is 55.6 Å². The molecule has 7 heteroatoms. The molecular formula is C13H17F3N2O2. The smallest absolute Gasteiger partial charge is 0.372 e. The van der Waals surface area contributed by atoms with E-state index in [-0.39, 0.29) is 18.9 Å². The predicted octanol–water partition coefficient (Wildman–Crippen LogP) is 2.08. The summed E-state index contributed by atoms with van der Waals surface area (Å²) in [5, 5.41) is 0. The summed E-state index contributed by atoms with van der Waals surface area (Å²) in [5.74, 6) is -0.312. The predicted molar refractivity (Wildman–Crippen MR) is 69.2 cm³/mol. The molecule has 0 unspecified atom stereocenters. The van der Waals surface area contributed by atoms with Crippen LogP contribution in [-0.2, 0) is 16.1 Å². The minimum absolute atomic E-state index is 0.106. The van der Waals surface area contributed by atoms with E-state index >= 15 is 0 Å². The normalized spacial score (nSPS) is 11.4. The van der Waals surface area contributed by atoms with Crippen molar-refractivity contribution in [1.82, 2.24) is 0 Å². The Kier molecular flexibility index (Phi) is 5.97. The fraction of sp³-hybridized carbons (Fsp3) is 0.462. The minimum Gasteiger partial charge on any atom is -0.372 e. The van der Waals surface area contributed by atoms with Crippen LogP contribution in [0.5, 0.6) is 0 Å². The first-order valence-corrected chi connectivity index (χ1v) is 6.03. The molecular weight excluding hydrogens is 273 g/mol. The molecule has 0 fully saturated rings. The fourth-order valence-corrected chi connectivity index (χ4v) is 1.51. The molecule has 0 aliphatic carbocycles. The van der Waals surface area contributed by atoms with E-state index in [9.17, 15) is 18.0 Å². The molecule has 2 N–H and O–H groups in total. The molecule has 0 radical (unpaired) electrons. The first kappa shape index (κ1) is 16.5. The Bertz CT molecular complexity index is 432. The molecule has 0 spiro atoms. The minimum atomic E-state index is -4.37. The van der Waals surface area contributed by atoms with E-state index in [1.54, 1.807) is 31.3 Å². The van der Waals surface area contributed by atoms with Crippen molar-refractivity contribution in [2.75, 3.05) is 25.2 Å². The van der Waals surface area contributed by atoms with Crippen molar-refractivity contribution in [1.29, 1.82) is 0 Å². The zero-order valence-electron chi connectivity index (χ0n) is 11.1. The van der Waals surface area contributed by atoms with Gasteiger partial charge in [-0.1, -0.05) is 12.1 Å². The summed E-state index contributed by atoms with van der Waals surface area (Å²) in [6.07, 6.45) is -4.47. The van der Waals surface area contributed by atoms with Gasteiger partial charge in [-0.05, 0) is 17.7 Å². The summed E-state index contributed by atoms with van der Waals surface area (Å²) in [7, 11) is 1.56. The highest BCUT2D eigenvalue weighted by Crippen LogP contribution is 2.16. The quantitative estimate of drug-likeness (QED) is 0.816. The van der Waals surface area contributed by atoms with Crippen LogP contribution in [0, 0.1) is 0 Å². The Morgan fingerprint density at radius 3 is 2.40 bits per heavy atom. The van der Waals surface area contributed by atoms with E-state index in [1.165, 1.54) is 4.90 Å². The van der Waals surface area contributed by atoms with E-state index in [1.807, 2.05) is 0 Å². The maximum Gasteiger partial charge on any atom is 0.411 e. The first-order valence-electron chi connectivity index (χ1n) is 6.03. The number of carbonyl (C=O) groups is 1. The fourth-order valence-electron chi connectivity index (χ4n) is 1.51. The second-order valence-corrected chi connectivity index (χ2v) is 4.24. The van der Waals surface area contributed by atoms with Gasteiger partial charge in [0, 0.05) is 19.3 Å². The van der Waals surface area contributed by atoms with Crippen LogP contribution in [0.3, 0.4) is 0 Å². The maximum absolute atomic E-state index is 11.8. The number of carbonyl (C=O) groups excluding carboxylic acids is 1. The second-order valence-electron chi connectivity index (χ2n) is 4.24. The van der Waals surface area contributed by atoms with Crippen LogP contribution in [0.4, 0.5) is 18.9 Å². The van der Waals surface area contributed by atoms with Crippen molar-refractivity contribution in [2.24, 2.45) is 5.73 Å². The van der Waals surface area contributed by atoms with Crippen molar-refractivity contribution in [2.45, 2.75) is 19.1 Å². The van der Waals surface area contributed by atoms with E-state index in [0.29, 0.717) is 12.2 Å². The number of alkyl halides is 3. The van der Waals surface area contributed by atoms with Crippen molar-refractivity contribution in [3.8, 4) is 0 Å². The van der Waals surface area contributed by atoms with Crippen LogP contribution < -0.4 is 10.6 Å². The molecule has 0 atom stereocenters. The van der Waals surface area contributed by atoms with Gasteiger partial charge in [-0.3, -0.25) is 4.79 Å². The first-order chi connectivity index (χ1) is 9.33. The summed E-state index contributed by atoms with van der Waals surface area (Å²) in [5.41, 5.74) is 7.05. The third-order valence-electron chi connectivity index (χ3n) is 2.66. The van der Waals surface area contributed by atoms with Crippen LogP contribution in [0.15, 0.2) is 24.3 Å². The number of hydrogen-bond donors (Lipinski definition) is 1. The summed E-state index contributed by atoms with van der Waals surface area (Å²) in [6.45, 7) is -1.19. The van der Waals surface area contributed by atoms with Crippen molar-refractivity contribution in [3.63, 3.8) is 0 Å². The highest BCUT2D eigenvalue weighted by molar-refractivity contribution is 5.92. The van der Waals surface area contributed by atoms with Gasteiger partial charge in [0.15, 0.2) is 0 Å². The molecule has 0 saturated heterocycles. The zero-order valence-corrected chi connectivity index (χ0v) is 11.1. The summed E-state index contributed by atoms with van der Waals surface area (Å²) < 4.78 is 39.9. The van der Waals surface area contributed by atoms with Crippen molar-refractivity contribution < 1.29 is 22.7 Å². The van der Waals surface area contributed by atoms with Crippen LogP contribution in [0.25, 0.3) is 0 Å². The SMILES string of the molecule is CN(C(=O)CCOCC(F)(F)F)c1ccc(CN)cc1. The van der Waals surface area contributed by atoms with Gasteiger partial charge in [-0.2, -0.15) is 13.2 Å². The van der Waals surface area contributed by atoms with E-state index < -0.39 is 12.8 Å². The molecule has 0 saturated carbocycles. The van der Waals surface area contributed by atoms with Gasteiger partial charge in [0.1, 0.15) is 6.61 Å². The summed E-state index contributed by atoms with van der Waals surface area (Å²) in [6, 6.07) is 7.05. The Labute approximate surface area is 115 Å². The van der Waals surface area contributed by atoms with Crippen LogP contribution in [-0.4, -0.2) is 32.3 Å². The number of nitrogens with zero attached hydrogens (tertiary/aromatic N) is 1. The van der Waals surface area contributed by atoms with Gasteiger partial charge in [0.25, 0.3) is 0 Å². The molecule has 0 heterocycles. The van der Waals surface area contributed by atoms with Gasteiger partial charge in [0.2, 0.25) is 5.91 Å². The Morgan fingerprint density at radius 1 is 1.30 bits per heavy atom. The molecule has 1 amide bonds. The van der Waals surface area contributed by atoms with E-state index in [2.05, 4.69) is 4.74 Å². The van der Waals surface area contributed by atoms with Crippen LogP contribution >= 0.6 is 0 Å². The number of rotatable bonds is 6. The van der Waals surface area contributed by atoms with E-state index in [0.717, 1.165) is 5.56 Å². The number of amides is 1. The third-order valence-corrected chi connectivity index (χ3v) is 2.66. The Morgan fingerprint density at radius 2 is 1.90 bits per heavy atom. The van der Waals surface area contributed by atoms with Gasteiger partial charge < -0.3 is 15.4 Å². The highest BCUT2D eigenvalue weighted by Gasteiger charge is 2.27. The molecule has 0 aliphatic rings. The average molecular weight is 290 g/mol. The van der Waals surface area contributed by atoms with Gasteiger partial charge in [-0.15, -0.1) is 0 Å². The Balaban J connectivity index is 2.42. The lowest BCUT2D eigenvalue weighted by Crippen LogP contribution is -2.28. The number of benzene rings is 1. The van der Waals surface area contributed by atoms with Crippen molar-refractivity contribution in [3.05, 3.63) is 29.8 Å². The molecule has 0 aliphatic heterocycles. The highest BCUT2D eigenvalue weighted by atomic mass is 19.4. The maximum atomic E-state index is 11.8. The molecule has 1 rings (SSSR count). The molecule has 4 nitrogen and oxygen atoms in total. The second kappa shape index (κ2) is 7.25. The van der Waals surface area contributed by atoms with Crippen molar-refractivity contribution >= 4 is 11.6 Å². The summed E-state index contributed by atoms with van der Waals surface area (Å²) in [4.78, 5) is 13.1. The largest absolute Gasteiger partial charge is 0.411 e. The average Bonchev–Trinajstić information content (AvgIpc) is 2.41. The zero-order chi connectivity index (χ0) is 15.2. The standard InChI is InChI=1S/C13H17F3N2O2/c1-18(11-4-2-10(8-17)3-5-11)12(19)6-7-20-9-13(14,15)16/h2-5H,6-9,17H2,1H3. The third kappa shape index (κ3) is 5.58. The molecule has 1 aromatic carbocycles. The molecule has 112 valence electrons. The number of anilines is 1. The van der Waals surface area contributed by atoms with Gasteiger partial charge in [0.05, 0.1) is 13.0 Å². The van der Waals surface area contributed by atoms with Gasteiger partial charge >= 0.3 is 6.18 Å². The lowest BCUT2D eigenvalue weighted by Gasteiger charge is -2.18. The lowest BCUT2D eigenvalue weighted by atomic mass is 10.2. The summed E-state index contributed by atoms with van der Waals surface area (Å²) >= 11 is 0. The number of ether oxygens (including phenoxy) is 1. The molecule has 0 bridgehead atoms.